The Bertz CT molecular complexity index is 935. The van der Waals surface area contributed by atoms with Crippen molar-refractivity contribution < 1.29 is 23.8 Å². The fourth-order valence-corrected chi connectivity index (χ4v) is 6.80. The van der Waals surface area contributed by atoms with E-state index >= 15 is 0 Å². The fourth-order valence-electron chi connectivity index (χ4n) is 6.80. The van der Waals surface area contributed by atoms with E-state index in [9.17, 15) is 9.59 Å². The molecule has 5 heteroatoms. The van der Waals surface area contributed by atoms with Crippen molar-refractivity contribution in [1.82, 2.24) is 0 Å². The highest BCUT2D eigenvalue weighted by Crippen LogP contribution is 2.15. The highest BCUT2D eigenvalue weighted by molar-refractivity contribution is 5.70. The lowest BCUT2D eigenvalue weighted by molar-refractivity contribution is -0.163. The van der Waals surface area contributed by atoms with Crippen molar-refractivity contribution in [2.45, 2.75) is 245 Å². The van der Waals surface area contributed by atoms with Gasteiger partial charge < -0.3 is 14.2 Å². The summed E-state index contributed by atoms with van der Waals surface area (Å²) in [5.74, 6) is -0.443. The van der Waals surface area contributed by atoms with Crippen LogP contribution in [-0.4, -0.2) is 37.9 Å². The largest absolute Gasteiger partial charge is 0.462 e. The van der Waals surface area contributed by atoms with Gasteiger partial charge in [-0.1, -0.05) is 217 Å². The highest BCUT2D eigenvalue weighted by Gasteiger charge is 2.17. The van der Waals surface area contributed by atoms with Gasteiger partial charge in [0.05, 0.1) is 6.61 Å². The van der Waals surface area contributed by atoms with Crippen LogP contribution in [0.15, 0.2) is 48.6 Å². The summed E-state index contributed by atoms with van der Waals surface area (Å²) < 4.78 is 17.3. The van der Waals surface area contributed by atoms with Gasteiger partial charge in [0, 0.05) is 19.4 Å². The van der Waals surface area contributed by atoms with Crippen LogP contribution in [0.25, 0.3) is 0 Å². The molecule has 0 heterocycles. The molecule has 0 radical (unpaired) electrons. The quantitative estimate of drug-likeness (QED) is 0.0350. The number of hydrogen-bond acceptors (Lipinski definition) is 5. The number of carbonyl (C=O) groups excluding carboxylic acids is 2. The zero-order chi connectivity index (χ0) is 40.7. The van der Waals surface area contributed by atoms with Crippen LogP contribution in [0.3, 0.4) is 0 Å². The third-order valence-electron chi connectivity index (χ3n) is 10.4. The molecule has 0 aromatic carbocycles. The van der Waals surface area contributed by atoms with Gasteiger partial charge in [-0.15, -0.1) is 0 Å². The van der Waals surface area contributed by atoms with Crippen molar-refractivity contribution in [3.63, 3.8) is 0 Å². The zero-order valence-electron chi connectivity index (χ0n) is 37.4. The molecule has 0 aromatic rings. The van der Waals surface area contributed by atoms with Gasteiger partial charge in [0.15, 0.2) is 6.10 Å². The zero-order valence-corrected chi connectivity index (χ0v) is 37.4. The van der Waals surface area contributed by atoms with Crippen molar-refractivity contribution in [3.8, 4) is 0 Å². The second-order valence-electron chi connectivity index (χ2n) is 16.0. The molecule has 0 saturated carbocycles. The maximum Gasteiger partial charge on any atom is 0.306 e. The SMILES string of the molecule is CC/C=C\C/C=C\C/C=C\C/C=C\CCCCC(=O)OCC(COCCCCCCCCCCCCCCCCCCCC)OC(=O)CCCCCCCCC. The number of carbonyl (C=O) groups is 2. The molecule has 56 heavy (non-hydrogen) atoms. The van der Waals surface area contributed by atoms with Crippen LogP contribution in [-0.2, 0) is 23.8 Å². The lowest BCUT2D eigenvalue weighted by atomic mass is 10.0. The number of rotatable bonds is 44. The van der Waals surface area contributed by atoms with E-state index < -0.39 is 6.10 Å². The van der Waals surface area contributed by atoms with Crippen molar-refractivity contribution in [2.24, 2.45) is 0 Å². The van der Waals surface area contributed by atoms with Gasteiger partial charge in [0.1, 0.15) is 6.61 Å². The topological polar surface area (TPSA) is 61.8 Å². The van der Waals surface area contributed by atoms with Crippen LogP contribution in [0.5, 0.6) is 0 Å². The molecule has 0 rings (SSSR count). The summed E-state index contributed by atoms with van der Waals surface area (Å²) in [6.45, 7) is 7.66. The summed E-state index contributed by atoms with van der Waals surface area (Å²) in [7, 11) is 0. The molecule has 1 atom stereocenters. The van der Waals surface area contributed by atoms with Crippen LogP contribution >= 0.6 is 0 Å². The van der Waals surface area contributed by atoms with E-state index in [0.29, 0.717) is 19.4 Å². The molecular formula is C51H92O5. The summed E-state index contributed by atoms with van der Waals surface area (Å²) >= 11 is 0. The molecule has 0 N–H and O–H groups in total. The molecular weight excluding hydrogens is 693 g/mol. The van der Waals surface area contributed by atoms with E-state index in [4.69, 9.17) is 14.2 Å². The first-order chi connectivity index (χ1) is 27.6. The minimum absolute atomic E-state index is 0.0670. The summed E-state index contributed by atoms with van der Waals surface area (Å²) in [6, 6.07) is 0. The van der Waals surface area contributed by atoms with Crippen LogP contribution < -0.4 is 0 Å². The van der Waals surface area contributed by atoms with E-state index in [0.717, 1.165) is 70.6 Å². The van der Waals surface area contributed by atoms with Gasteiger partial charge in [-0.05, 0) is 57.8 Å². The maximum atomic E-state index is 12.6. The van der Waals surface area contributed by atoms with E-state index in [1.807, 2.05) is 0 Å². The standard InChI is InChI=1S/C51H92O5/c1-4-7-10-13-16-18-20-22-24-25-26-28-30-32-34-37-40-43-46-54-47-49(56-51(53)45-42-39-35-15-12-9-6-3)48-55-50(52)44-41-38-36-33-31-29-27-23-21-19-17-14-11-8-5-2/h8,11,17,19,23,27,31,33,49H,4-7,9-10,12-16,18,20-22,24-26,28-30,32,34-48H2,1-3H3/b11-8-,19-17-,27-23-,33-31-. The van der Waals surface area contributed by atoms with Crippen molar-refractivity contribution in [3.05, 3.63) is 48.6 Å². The lowest BCUT2D eigenvalue weighted by Gasteiger charge is -2.18. The average Bonchev–Trinajstić information content (AvgIpc) is 3.20. The number of allylic oxidation sites excluding steroid dienone is 8. The Morgan fingerprint density at radius 2 is 0.804 bits per heavy atom. The van der Waals surface area contributed by atoms with Crippen LogP contribution in [0.2, 0.25) is 0 Å². The first-order valence-electron chi connectivity index (χ1n) is 24.2. The summed E-state index contributed by atoms with van der Waals surface area (Å²) in [5, 5.41) is 0. The predicted molar refractivity (Wildman–Crippen MR) is 242 cm³/mol. The molecule has 0 bridgehead atoms. The van der Waals surface area contributed by atoms with E-state index in [1.54, 1.807) is 0 Å². The minimum Gasteiger partial charge on any atom is -0.462 e. The minimum atomic E-state index is -0.545. The molecule has 0 fully saturated rings. The number of esters is 2. The lowest BCUT2D eigenvalue weighted by Crippen LogP contribution is -2.30. The highest BCUT2D eigenvalue weighted by atomic mass is 16.6. The first kappa shape index (κ1) is 53.9. The molecule has 0 aliphatic carbocycles. The van der Waals surface area contributed by atoms with Crippen LogP contribution in [0.1, 0.15) is 239 Å². The summed E-state index contributed by atoms with van der Waals surface area (Å²) in [5.41, 5.74) is 0. The molecule has 0 aliphatic heterocycles. The van der Waals surface area contributed by atoms with Crippen molar-refractivity contribution in [1.29, 1.82) is 0 Å². The summed E-state index contributed by atoms with van der Waals surface area (Å²) in [6.07, 6.45) is 57.0. The fraction of sp³-hybridized carbons (Fsp3) is 0.804. The van der Waals surface area contributed by atoms with Gasteiger partial charge in [-0.2, -0.15) is 0 Å². The van der Waals surface area contributed by atoms with E-state index in [1.165, 1.54) is 135 Å². The van der Waals surface area contributed by atoms with Crippen molar-refractivity contribution in [2.75, 3.05) is 19.8 Å². The molecule has 1 unspecified atom stereocenters. The Morgan fingerprint density at radius 1 is 0.411 bits per heavy atom. The molecule has 5 nitrogen and oxygen atoms in total. The van der Waals surface area contributed by atoms with Gasteiger partial charge in [0.25, 0.3) is 0 Å². The second kappa shape index (κ2) is 47.2. The Labute approximate surface area is 348 Å². The van der Waals surface area contributed by atoms with Crippen LogP contribution in [0.4, 0.5) is 0 Å². The van der Waals surface area contributed by atoms with Crippen molar-refractivity contribution >= 4 is 11.9 Å². The van der Waals surface area contributed by atoms with Gasteiger partial charge >= 0.3 is 11.9 Å². The number of hydrogen-bond donors (Lipinski definition) is 0. The van der Waals surface area contributed by atoms with Gasteiger partial charge in [-0.25, -0.2) is 0 Å². The third kappa shape index (κ3) is 44.6. The maximum absolute atomic E-state index is 12.6. The average molecular weight is 785 g/mol. The molecule has 0 aliphatic rings. The third-order valence-corrected chi connectivity index (χ3v) is 10.4. The van der Waals surface area contributed by atoms with E-state index in [-0.39, 0.29) is 25.2 Å². The molecule has 0 aromatic heterocycles. The number of unbranched alkanes of at least 4 members (excludes halogenated alkanes) is 25. The molecule has 0 amide bonds. The Kier molecular flexibility index (Phi) is 45.4. The Hall–Kier alpha value is -2.14. The van der Waals surface area contributed by atoms with Crippen LogP contribution in [0, 0.1) is 0 Å². The Balaban J connectivity index is 4.15. The smallest absolute Gasteiger partial charge is 0.306 e. The number of ether oxygens (including phenoxy) is 3. The Morgan fingerprint density at radius 3 is 1.29 bits per heavy atom. The monoisotopic (exact) mass is 785 g/mol. The molecule has 0 saturated heterocycles. The first-order valence-corrected chi connectivity index (χ1v) is 24.2. The predicted octanol–water partition coefficient (Wildman–Crippen LogP) is 16.0. The second-order valence-corrected chi connectivity index (χ2v) is 16.0. The normalized spacial score (nSPS) is 12.6. The molecule has 326 valence electrons. The molecule has 0 spiro atoms. The van der Waals surface area contributed by atoms with Gasteiger partial charge in [0.2, 0.25) is 0 Å². The summed E-state index contributed by atoms with van der Waals surface area (Å²) in [4.78, 5) is 25.1. The van der Waals surface area contributed by atoms with Gasteiger partial charge in [-0.3, -0.25) is 9.59 Å². The van der Waals surface area contributed by atoms with E-state index in [2.05, 4.69) is 69.4 Å².